The van der Waals surface area contributed by atoms with Gasteiger partial charge in [0.15, 0.2) is 0 Å². The van der Waals surface area contributed by atoms with Crippen molar-refractivity contribution in [3.8, 4) is 0 Å². The summed E-state index contributed by atoms with van der Waals surface area (Å²) in [5, 5.41) is 13.7. The van der Waals surface area contributed by atoms with E-state index in [9.17, 15) is 19.7 Å². The van der Waals surface area contributed by atoms with Gasteiger partial charge in [0.2, 0.25) is 5.91 Å². The zero-order chi connectivity index (χ0) is 19.7. The number of non-ortho nitro benzene ring substituents is 1. The second kappa shape index (κ2) is 7.57. The Bertz CT molecular complexity index is 1120. The van der Waals surface area contributed by atoms with E-state index in [2.05, 4.69) is 42.2 Å². The lowest BCUT2D eigenvalue weighted by molar-refractivity contribution is -0.384. The van der Waals surface area contributed by atoms with E-state index in [1.165, 1.54) is 18.5 Å². The summed E-state index contributed by atoms with van der Waals surface area (Å²) in [6.45, 7) is 1.64. The van der Waals surface area contributed by atoms with Crippen molar-refractivity contribution >= 4 is 60.0 Å². The van der Waals surface area contributed by atoms with Crippen LogP contribution in [-0.4, -0.2) is 20.4 Å². The zero-order valence-corrected chi connectivity index (χ0v) is 17.1. The standard InChI is InChI=1S/C17H12Br2N4O4/c1-9-4-12(18)16(13(19)5-9)21-15(24)7-22-8-20-14-3-2-10(23(26)27)6-11(14)17(22)25/h2-6,8H,7H2,1H3,(H,21,24). The van der Waals surface area contributed by atoms with Crippen LogP contribution in [0.2, 0.25) is 0 Å². The fourth-order valence-electron chi connectivity index (χ4n) is 2.53. The molecule has 0 atom stereocenters. The molecule has 1 heterocycles. The first-order valence-electron chi connectivity index (χ1n) is 7.65. The maximum atomic E-state index is 12.6. The van der Waals surface area contributed by atoms with Crippen LogP contribution in [0.25, 0.3) is 10.9 Å². The van der Waals surface area contributed by atoms with Gasteiger partial charge in [-0.1, -0.05) is 0 Å². The van der Waals surface area contributed by atoms with Crippen LogP contribution in [0.3, 0.4) is 0 Å². The number of fused-ring (bicyclic) bond motifs is 1. The lowest BCUT2D eigenvalue weighted by Gasteiger charge is -2.12. The van der Waals surface area contributed by atoms with Crippen LogP contribution in [-0.2, 0) is 11.3 Å². The number of carbonyl (C=O) groups is 1. The van der Waals surface area contributed by atoms with Gasteiger partial charge in [0.25, 0.3) is 11.2 Å². The summed E-state index contributed by atoms with van der Waals surface area (Å²) in [7, 11) is 0. The summed E-state index contributed by atoms with van der Waals surface area (Å²) in [6, 6.07) is 7.54. The third-order valence-corrected chi connectivity index (χ3v) is 5.03. The van der Waals surface area contributed by atoms with E-state index in [1.54, 1.807) is 0 Å². The predicted octanol–water partition coefficient (Wildman–Crippen LogP) is 3.78. The van der Waals surface area contributed by atoms with Gasteiger partial charge in [-0.15, -0.1) is 0 Å². The predicted molar refractivity (Wildman–Crippen MR) is 108 cm³/mol. The van der Waals surface area contributed by atoms with Crippen LogP contribution in [0.5, 0.6) is 0 Å². The molecule has 1 N–H and O–H groups in total. The summed E-state index contributed by atoms with van der Waals surface area (Å²) >= 11 is 6.78. The fraction of sp³-hybridized carbons (Fsp3) is 0.118. The number of nitro groups is 1. The van der Waals surface area contributed by atoms with Crippen molar-refractivity contribution in [2.24, 2.45) is 0 Å². The van der Waals surface area contributed by atoms with E-state index in [4.69, 9.17) is 0 Å². The Morgan fingerprint density at radius 1 is 1.26 bits per heavy atom. The molecule has 0 bridgehead atoms. The molecule has 3 aromatic rings. The zero-order valence-electron chi connectivity index (χ0n) is 13.9. The highest BCUT2D eigenvalue weighted by Gasteiger charge is 2.14. The number of halogens is 2. The SMILES string of the molecule is Cc1cc(Br)c(NC(=O)Cn2cnc3ccc([N+](=O)[O-])cc3c2=O)c(Br)c1. The highest BCUT2D eigenvalue weighted by atomic mass is 79.9. The molecule has 0 radical (unpaired) electrons. The van der Waals surface area contributed by atoms with Crippen molar-refractivity contribution in [1.82, 2.24) is 9.55 Å². The van der Waals surface area contributed by atoms with Gasteiger partial charge in [-0.05, 0) is 62.5 Å². The molecule has 2 aromatic carbocycles. The van der Waals surface area contributed by atoms with Crippen LogP contribution >= 0.6 is 31.9 Å². The van der Waals surface area contributed by atoms with E-state index < -0.39 is 16.4 Å². The molecule has 27 heavy (non-hydrogen) atoms. The normalized spacial score (nSPS) is 10.8. The maximum absolute atomic E-state index is 12.6. The van der Waals surface area contributed by atoms with Crippen LogP contribution in [0.15, 0.2) is 50.4 Å². The van der Waals surface area contributed by atoms with Crippen molar-refractivity contribution < 1.29 is 9.72 Å². The summed E-state index contributed by atoms with van der Waals surface area (Å²) in [5.74, 6) is -0.436. The van der Waals surface area contributed by atoms with Gasteiger partial charge in [-0.25, -0.2) is 4.98 Å². The van der Waals surface area contributed by atoms with E-state index in [0.717, 1.165) is 16.2 Å². The van der Waals surface area contributed by atoms with Crippen molar-refractivity contribution in [2.45, 2.75) is 13.5 Å². The largest absolute Gasteiger partial charge is 0.323 e. The highest BCUT2D eigenvalue weighted by Crippen LogP contribution is 2.32. The van der Waals surface area contributed by atoms with Gasteiger partial charge >= 0.3 is 0 Å². The van der Waals surface area contributed by atoms with Gasteiger partial charge in [0.05, 0.1) is 27.8 Å². The summed E-state index contributed by atoms with van der Waals surface area (Å²) in [5.41, 5.74) is 1.13. The average Bonchev–Trinajstić information content (AvgIpc) is 2.60. The van der Waals surface area contributed by atoms with E-state index in [0.29, 0.717) is 20.1 Å². The maximum Gasteiger partial charge on any atom is 0.270 e. The smallest absolute Gasteiger partial charge is 0.270 e. The molecule has 0 aliphatic carbocycles. The number of hydrogen-bond acceptors (Lipinski definition) is 5. The first-order chi connectivity index (χ1) is 12.8. The number of aromatic nitrogens is 2. The minimum Gasteiger partial charge on any atom is -0.323 e. The lowest BCUT2D eigenvalue weighted by Crippen LogP contribution is -2.28. The van der Waals surface area contributed by atoms with E-state index >= 15 is 0 Å². The lowest BCUT2D eigenvalue weighted by atomic mass is 10.2. The van der Waals surface area contributed by atoms with Gasteiger partial charge in [0.1, 0.15) is 6.54 Å². The molecule has 1 amide bonds. The number of nitro benzene ring substituents is 1. The molecule has 0 saturated carbocycles. The Morgan fingerprint density at radius 3 is 2.56 bits per heavy atom. The Morgan fingerprint density at radius 2 is 1.93 bits per heavy atom. The van der Waals surface area contributed by atoms with Crippen molar-refractivity contribution in [2.75, 3.05) is 5.32 Å². The first kappa shape index (κ1) is 19.2. The Balaban J connectivity index is 1.90. The molecular weight excluding hydrogens is 484 g/mol. The van der Waals surface area contributed by atoms with Crippen LogP contribution in [0.1, 0.15) is 5.56 Å². The monoisotopic (exact) mass is 494 g/mol. The molecule has 0 spiro atoms. The molecule has 138 valence electrons. The van der Waals surface area contributed by atoms with Gasteiger partial charge in [0, 0.05) is 21.1 Å². The molecular formula is C17H12Br2N4O4. The third-order valence-electron chi connectivity index (χ3n) is 3.78. The van der Waals surface area contributed by atoms with Gasteiger partial charge in [-0.3, -0.25) is 24.3 Å². The molecule has 0 saturated heterocycles. The number of benzene rings is 2. The topological polar surface area (TPSA) is 107 Å². The Labute approximate surface area is 169 Å². The average molecular weight is 496 g/mol. The third kappa shape index (κ3) is 4.06. The van der Waals surface area contributed by atoms with Gasteiger partial charge in [-0.2, -0.15) is 0 Å². The highest BCUT2D eigenvalue weighted by molar-refractivity contribution is 9.11. The first-order valence-corrected chi connectivity index (χ1v) is 9.24. The second-order valence-electron chi connectivity index (χ2n) is 5.79. The molecule has 0 aliphatic heterocycles. The van der Waals surface area contributed by atoms with Gasteiger partial charge < -0.3 is 5.32 Å². The van der Waals surface area contributed by atoms with Crippen LogP contribution < -0.4 is 10.9 Å². The molecule has 3 rings (SSSR count). The number of nitrogens with one attached hydrogen (secondary N) is 1. The fourth-order valence-corrected chi connectivity index (χ4v) is 4.14. The minimum absolute atomic E-state index is 0.0807. The molecule has 0 fully saturated rings. The Kier molecular flexibility index (Phi) is 5.38. The number of hydrogen-bond donors (Lipinski definition) is 1. The minimum atomic E-state index is -0.588. The summed E-state index contributed by atoms with van der Waals surface area (Å²) < 4.78 is 2.50. The molecule has 10 heteroatoms. The quantitative estimate of drug-likeness (QED) is 0.437. The number of rotatable bonds is 4. The molecule has 8 nitrogen and oxygen atoms in total. The number of aryl methyl sites for hydroxylation is 1. The summed E-state index contributed by atoms with van der Waals surface area (Å²) in [6.07, 6.45) is 1.25. The second-order valence-corrected chi connectivity index (χ2v) is 7.50. The van der Waals surface area contributed by atoms with Crippen molar-refractivity contribution in [1.29, 1.82) is 0 Å². The molecule has 0 aliphatic rings. The number of anilines is 1. The number of nitrogens with zero attached hydrogens (tertiary/aromatic N) is 3. The van der Waals surface area contributed by atoms with E-state index in [-0.39, 0.29) is 17.6 Å². The molecule has 0 unspecified atom stereocenters. The molecule has 1 aromatic heterocycles. The Hall–Kier alpha value is -2.59. The number of carbonyl (C=O) groups excluding carboxylic acids is 1. The van der Waals surface area contributed by atoms with Crippen LogP contribution in [0, 0.1) is 17.0 Å². The van der Waals surface area contributed by atoms with E-state index in [1.807, 2.05) is 19.1 Å². The summed E-state index contributed by atoms with van der Waals surface area (Å²) in [4.78, 5) is 39.4. The number of amides is 1. The van der Waals surface area contributed by atoms with Crippen molar-refractivity contribution in [3.63, 3.8) is 0 Å². The van der Waals surface area contributed by atoms with Crippen LogP contribution in [0.4, 0.5) is 11.4 Å². The van der Waals surface area contributed by atoms with Crippen molar-refractivity contribution in [3.05, 3.63) is 71.6 Å².